The second-order valence-electron chi connectivity index (χ2n) is 2.54. The molecule has 0 unspecified atom stereocenters. The van der Waals surface area contributed by atoms with Crippen molar-refractivity contribution in [2.45, 2.75) is 26.4 Å². The van der Waals surface area contributed by atoms with Crippen molar-refractivity contribution in [2.24, 2.45) is 0 Å². The number of hydrogen-bond acceptors (Lipinski definition) is 2. The molecule has 0 saturated carbocycles. The first-order chi connectivity index (χ1) is 3.56. The molecule has 9 heavy (non-hydrogen) atoms. The Morgan fingerprint density at radius 3 is 2.00 bits per heavy atom. The Morgan fingerprint density at radius 2 is 1.89 bits per heavy atom. The van der Waals surface area contributed by atoms with E-state index in [-0.39, 0.29) is 18.0 Å². The van der Waals surface area contributed by atoms with E-state index in [0.29, 0.717) is 0 Å². The lowest BCUT2D eigenvalue weighted by atomic mass is 10.2. The minimum absolute atomic E-state index is 0. The third-order valence-electron chi connectivity index (χ3n) is 0.448. The molecule has 0 atom stereocenters. The Morgan fingerprint density at radius 1 is 1.44 bits per heavy atom. The zero-order chi connectivity index (χ0) is 6.62. The summed E-state index contributed by atoms with van der Waals surface area (Å²) < 4.78 is 0. The molecular formula is C6H14ClNO. The van der Waals surface area contributed by atoms with Crippen LogP contribution in [-0.4, -0.2) is 5.60 Å². The maximum Gasteiger partial charge on any atom is 0.0876 e. The molecule has 0 bridgehead atoms. The van der Waals surface area contributed by atoms with Crippen molar-refractivity contribution in [1.82, 2.24) is 5.48 Å². The summed E-state index contributed by atoms with van der Waals surface area (Å²) in [5.41, 5.74) is 2.42. The van der Waals surface area contributed by atoms with E-state index in [1.807, 2.05) is 20.8 Å². The fraction of sp³-hybridized carbons (Fsp3) is 0.667. The molecule has 2 nitrogen and oxygen atoms in total. The van der Waals surface area contributed by atoms with Gasteiger partial charge in [0.1, 0.15) is 0 Å². The van der Waals surface area contributed by atoms with E-state index in [9.17, 15) is 0 Å². The molecule has 0 aromatic carbocycles. The van der Waals surface area contributed by atoms with Gasteiger partial charge in [0.15, 0.2) is 0 Å². The average Bonchev–Trinajstić information content (AvgIpc) is 1.59. The zero-order valence-corrected chi connectivity index (χ0v) is 6.92. The summed E-state index contributed by atoms with van der Waals surface area (Å²) in [7, 11) is 0. The highest BCUT2D eigenvalue weighted by Crippen LogP contribution is 2.02. The molecule has 0 radical (unpaired) electrons. The molecule has 0 rings (SSSR count). The van der Waals surface area contributed by atoms with E-state index >= 15 is 0 Å². The van der Waals surface area contributed by atoms with Gasteiger partial charge in [0.25, 0.3) is 0 Å². The normalized spacial score (nSPS) is 9.67. The highest BCUT2D eigenvalue weighted by molar-refractivity contribution is 5.85. The first kappa shape index (κ1) is 11.6. The second-order valence-corrected chi connectivity index (χ2v) is 2.54. The molecule has 0 aromatic rings. The minimum atomic E-state index is -0.131. The van der Waals surface area contributed by atoms with Crippen LogP contribution in [-0.2, 0) is 4.84 Å². The molecule has 0 aromatic heterocycles. The lowest BCUT2D eigenvalue weighted by Crippen LogP contribution is -2.25. The Kier molecular flexibility index (Phi) is 5.98. The highest BCUT2D eigenvalue weighted by Gasteiger charge is 2.07. The smallest absolute Gasteiger partial charge is 0.0876 e. The molecule has 0 aliphatic carbocycles. The van der Waals surface area contributed by atoms with Crippen molar-refractivity contribution in [1.29, 1.82) is 0 Å². The first-order valence-corrected chi connectivity index (χ1v) is 2.61. The molecule has 0 aliphatic rings. The monoisotopic (exact) mass is 151 g/mol. The van der Waals surface area contributed by atoms with Crippen LogP contribution in [0.3, 0.4) is 0 Å². The van der Waals surface area contributed by atoms with Gasteiger partial charge in [-0.15, -0.1) is 12.4 Å². The number of rotatable bonds is 2. The molecule has 0 aliphatic heterocycles. The Balaban J connectivity index is 0. The molecule has 56 valence electrons. The summed E-state index contributed by atoms with van der Waals surface area (Å²) in [6.07, 6.45) is 1.51. The molecule has 0 saturated heterocycles. The first-order valence-electron chi connectivity index (χ1n) is 2.61. The van der Waals surface area contributed by atoms with Gasteiger partial charge in [0.05, 0.1) is 5.60 Å². The van der Waals surface area contributed by atoms with Gasteiger partial charge in [-0.2, -0.15) is 0 Å². The lowest BCUT2D eigenvalue weighted by Gasteiger charge is -2.17. The number of hydroxylamine groups is 1. The fourth-order valence-electron chi connectivity index (χ4n) is 0.218. The Bertz CT molecular complexity index is 77.6. The largest absolute Gasteiger partial charge is 0.274 e. The molecule has 3 heteroatoms. The van der Waals surface area contributed by atoms with E-state index in [2.05, 4.69) is 12.1 Å². The topological polar surface area (TPSA) is 21.3 Å². The predicted molar refractivity (Wildman–Crippen MR) is 41.4 cm³/mol. The van der Waals surface area contributed by atoms with Crippen LogP contribution < -0.4 is 5.48 Å². The van der Waals surface area contributed by atoms with Gasteiger partial charge in [-0.1, -0.05) is 6.58 Å². The van der Waals surface area contributed by atoms with E-state index in [0.717, 1.165) is 0 Å². The summed E-state index contributed by atoms with van der Waals surface area (Å²) >= 11 is 0. The van der Waals surface area contributed by atoms with Crippen LogP contribution in [0.25, 0.3) is 0 Å². The molecule has 0 heterocycles. The lowest BCUT2D eigenvalue weighted by molar-refractivity contribution is -0.0519. The van der Waals surface area contributed by atoms with E-state index < -0.39 is 0 Å². The quantitative estimate of drug-likeness (QED) is 0.609. The molecule has 0 spiro atoms. The van der Waals surface area contributed by atoms with Crippen LogP contribution in [0.2, 0.25) is 0 Å². The minimum Gasteiger partial charge on any atom is -0.274 e. The van der Waals surface area contributed by atoms with Gasteiger partial charge < -0.3 is 0 Å². The summed E-state index contributed by atoms with van der Waals surface area (Å²) in [6.45, 7) is 9.31. The van der Waals surface area contributed by atoms with Crippen molar-refractivity contribution >= 4 is 12.4 Å². The molecule has 0 amide bonds. The van der Waals surface area contributed by atoms with Gasteiger partial charge in [-0.05, 0) is 20.8 Å². The molecular weight excluding hydrogens is 138 g/mol. The summed E-state index contributed by atoms with van der Waals surface area (Å²) in [6, 6.07) is 0. The van der Waals surface area contributed by atoms with E-state index in [4.69, 9.17) is 4.84 Å². The van der Waals surface area contributed by atoms with Crippen LogP contribution in [0.5, 0.6) is 0 Å². The Hall–Kier alpha value is -0.210. The van der Waals surface area contributed by atoms with Crippen LogP contribution in [0.15, 0.2) is 12.8 Å². The Labute approximate surface area is 62.6 Å². The zero-order valence-electron chi connectivity index (χ0n) is 6.10. The number of halogens is 1. The van der Waals surface area contributed by atoms with Crippen molar-refractivity contribution in [3.05, 3.63) is 12.8 Å². The summed E-state index contributed by atoms with van der Waals surface area (Å²) in [5.74, 6) is 0. The van der Waals surface area contributed by atoms with Gasteiger partial charge >= 0.3 is 0 Å². The molecule has 0 fully saturated rings. The van der Waals surface area contributed by atoms with E-state index in [1.54, 1.807) is 0 Å². The maximum absolute atomic E-state index is 5.01. The fourth-order valence-corrected chi connectivity index (χ4v) is 0.218. The third-order valence-corrected chi connectivity index (χ3v) is 0.448. The standard InChI is InChI=1S/C6H13NO.ClH/c1-5-7-8-6(2,3)4;/h5,7H,1H2,2-4H3;1H. The average molecular weight is 152 g/mol. The maximum atomic E-state index is 5.01. The van der Waals surface area contributed by atoms with Crippen LogP contribution in [0.1, 0.15) is 20.8 Å². The SMILES string of the molecule is C=CNOC(C)(C)C.Cl. The van der Waals surface area contributed by atoms with Crippen molar-refractivity contribution in [3.8, 4) is 0 Å². The van der Waals surface area contributed by atoms with Crippen LogP contribution in [0.4, 0.5) is 0 Å². The van der Waals surface area contributed by atoms with Crippen molar-refractivity contribution in [2.75, 3.05) is 0 Å². The summed E-state index contributed by atoms with van der Waals surface area (Å²) in [4.78, 5) is 5.01. The van der Waals surface area contributed by atoms with Crippen molar-refractivity contribution in [3.63, 3.8) is 0 Å². The van der Waals surface area contributed by atoms with Crippen LogP contribution in [0, 0.1) is 0 Å². The predicted octanol–water partition coefficient (Wildman–Crippen LogP) is 1.87. The van der Waals surface area contributed by atoms with E-state index in [1.165, 1.54) is 6.20 Å². The van der Waals surface area contributed by atoms with Crippen molar-refractivity contribution < 1.29 is 4.84 Å². The van der Waals surface area contributed by atoms with Gasteiger partial charge in [-0.3, -0.25) is 10.3 Å². The van der Waals surface area contributed by atoms with Gasteiger partial charge in [0, 0.05) is 6.20 Å². The molecule has 1 N–H and O–H groups in total. The van der Waals surface area contributed by atoms with Gasteiger partial charge in [-0.25, -0.2) is 0 Å². The van der Waals surface area contributed by atoms with Gasteiger partial charge in [0.2, 0.25) is 0 Å². The summed E-state index contributed by atoms with van der Waals surface area (Å²) in [5, 5.41) is 0. The number of hydrogen-bond donors (Lipinski definition) is 1. The second kappa shape index (κ2) is 4.65. The number of nitrogens with one attached hydrogen (secondary N) is 1. The highest BCUT2D eigenvalue weighted by atomic mass is 35.5. The third kappa shape index (κ3) is 11.4. The van der Waals surface area contributed by atoms with Crippen LogP contribution >= 0.6 is 12.4 Å².